The molecule has 1 saturated heterocycles. The van der Waals surface area contributed by atoms with Gasteiger partial charge in [0.2, 0.25) is 0 Å². The van der Waals surface area contributed by atoms with Crippen LogP contribution in [0.15, 0.2) is 40.9 Å². The second kappa shape index (κ2) is 5.45. The SMILES string of the molecule is O=C(c1cc(-c2ccccc2)on1)N1CCC(CF)C1. The van der Waals surface area contributed by atoms with Gasteiger partial charge in [0, 0.05) is 30.6 Å². The van der Waals surface area contributed by atoms with E-state index >= 15 is 0 Å². The summed E-state index contributed by atoms with van der Waals surface area (Å²) in [5.74, 6) is 0.335. The van der Waals surface area contributed by atoms with Crippen LogP contribution in [0.2, 0.25) is 0 Å². The fourth-order valence-electron chi connectivity index (χ4n) is 2.42. The lowest BCUT2D eigenvalue weighted by Crippen LogP contribution is -2.29. The highest BCUT2D eigenvalue weighted by Crippen LogP contribution is 2.23. The van der Waals surface area contributed by atoms with E-state index in [-0.39, 0.29) is 24.2 Å². The van der Waals surface area contributed by atoms with Gasteiger partial charge in [-0.3, -0.25) is 9.18 Å². The Morgan fingerprint density at radius 2 is 2.20 bits per heavy atom. The number of aromatic nitrogens is 1. The Bertz CT molecular complexity index is 597. The Morgan fingerprint density at radius 3 is 2.90 bits per heavy atom. The van der Waals surface area contributed by atoms with Gasteiger partial charge in [-0.2, -0.15) is 0 Å². The minimum absolute atomic E-state index is 0.0422. The number of rotatable bonds is 3. The maximum absolute atomic E-state index is 12.6. The molecule has 2 heterocycles. The molecule has 0 aliphatic carbocycles. The molecule has 0 bridgehead atoms. The molecule has 0 radical (unpaired) electrons. The second-order valence-electron chi connectivity index (χ2n) is 5.00. The smallest absolute Gasteiger partial charge is 0.276 e. The summed E-state index contributed by atoms with van der Waals surface area (Å²) in [4.78, 5) is 13.9. The van der Waals surface area contributed by atoms with Gasteiger partial charge < -0.3 is 9.42 Å². The van der Waals surface area contributed by atoms with Crippen molar-refractivity contribution >= 4 is 5.91 Å². The van der Waals surface area contributed by atoms with Crippen LogP contribution in [0.5, 0.6) is 0 Å². The Hall–Kier alpha value is -2.17. The molecule has 1 amide bonds. The fraction of sp³-hybridized carbons (Fsp3) is 0.333. The predicted octanol–water partition coefficient (Wildman–Crippen LogP) is 2.77. The molecule has 0 spiro atoms. The normalized spacial score (nSPS) is 18.4. The van der Waals surface area contributed by atoms with Crippen molar-refractivity contribution in [3.05, 3.63) is 42.1 Å². The van der Waals surface area contributed by atoms with Crippen molar-refractivity contribution in [1.82, 2.24) is 10.1 Å². The lowest BCUT2D eigenvalue weighted by atomic mass is 10.1. The number of alkyl halides is 1. The number of carbonyl (C=O) groups is 1. The topological polar surface area (TPSA) is 46.3 Å². The maximum Gasteiger partial charge on any atom is 0.276 e. The van der Waals surface area contributed by atoms with E-state index < -0.39 is 0 Å². The van der Waals surface area contributed by atoms with E-state index in [9.17, 15) is 9.18 Å². The first kappa shape index (κ1) is 12.8. The van der Waals surface area contributed by atoms with Crippen LogP contribution in [0.4, 0.5) is 4.39 Å². The van der Waals surface area contributed by atoms with Crippen molar-refractivity contribution in [2.24, 2.45) is 5.92 Å². The van der Waals surface area contributed by atoms with Gasteiger partial charge in [0.25, 0.3) is 5.91 Å². The first-order valence-corrected chi connectivity index (χ1v) is 6.65. The summed E-state index contributed by atoms with van der Waals surface area (Å²) < 4.78 is 17.8. The van der Waals surface area contributed by atoms with Crippen molar-refractivity contribution < 1.29 is 13.7 Å². The summed E-state index contributed by atoms with van der Waals surface area (Å²) in [6.07, 6.45) is 0.714. The quantitative estimate of drug-likeness (QED) is 0.864. The number of hydrogen-bond donors (Lipinski definition) is 0. The van der Waals surface area contributed by atoms with Crippen LogP contribution in [0, 0.1) is 5.92 Å². The lowest BCUT2D eigenvalue weighted by Gasteiger charge is -2.13. The van der Waals surface area contributed by atoms with Crippen LogP contribution >= 0.6 is 0 Å². The summed E-state index contributed by atoms with van der Waals surface area (Å²) in [5, 5.41) is 3.83. The van der Waals surface area contributed by atoms with Crippen LogP contribution in [0.3, 0.4) is 0 Å². The largest absolute Gasteiger partial charge is 0.355 e. The number of nitrogens with zero attached hydrogens (tertiary/aromatic N) is 2. The molecule has 5 heteroatoms. The molecular formula is C15H15FN2O2. The van der Waals surface area contributed by atoms with Gasteiger partial charge in [-0.05, 0) is 6.42 Å². The number of amides is 1. The van der Waals surface area contributed by atoms with Gasteiger partial charge in [0.05, 0.1) is 6.67 Å². The van der Waals surface area contributed by atoms with E-state index in [1.54, 1.807) is 11.0 Å². The van der Waals surface area contributed by atoms with Crippen molar-refractivity contribution in [3.63, 3.8) is 0 Å². The monoisotopic (exact) mass is 274 g/mol. The molecule has 1 atom stereocenters. The van der Waals surface area contributed by atoms with Gasteiger partial charge in [-0.15, -0.1) is 0 Å². The first-order valence-electron chi connectivity index (χ1n) is 6.65. The summed E-state index contributed by atoms with van der Waals surface area (Å²) in [6, 6.07) is 11.1. The van der Waals surface area contributed by atoms with Crippen molar-refractivity contribution in [3.8, 4) is 11.3 Å². The van der Waals surface area contributed by atoms with Gasteiger partial charge in [-0.1, -0.05) is 35.5 Å². The number of carbonyl (C=O) groups excluding carboxylic acids is 1. The average Bonchev–Trinajstić information content (AvgIpc) is 3.17. The Morgan fingerprint density at radius 1 is 1.40 bits per heavy atom. The molecule has 4 nitrogen and oxygen atoms in total. The van der Waals surface area contributed by atoms with E-state index in [4.69, 9.17) is 4.52 Å². The number of halogens is 1. The van der Waals surface area contributed by atoms with E-state index in [1.165, 1.54) is 0 Å². The summed E-state index contributed by atoms with van der Waals surface area (Å²) in [6.45, 7) is 0.668. The zero-order valence-corrected chi connectivity index (χ0v) is 11.0. The van der Waals surface area contributed by atoms with Gasteiger partial charge in [0.1, 0.15) is 0 Å². The van der Waals surface area contributed by atoms with Gasteiger partial charge in [0.15, 0.2) is 11.5 Å². The van der Waals surface area contributed by atoms with Crippen LogP contribution in [-0.2, 0) is 0 Å². The molecule has 104 valence electrons. The Balaban J connectivity index is 1.76. The molecule has 1 aliphatic heterocycles. The summed E-state index contributed by atoms with van der Waals surface area (Å²) in [7, 11) is 0. The molecule has 3 rings (SSSR count). The van der Waals surface area contributed by atoms with Crippen molar-refractivity contribution in [1.29, 1.82) is 0 Å². The molecule has 1 aliphatic rings. The van der Waals surface area contributed by atoms with E-state index in [1.807, 2.05) is 30.3 Å². The molecule has 1 fully saturated rings. The van der Waals surface area contributed by atoms with Crippen molar-refractivity contribution in [2.45, 2.75) is 6.42 Å². The highest BCUT2D eigenvalue weighted by Gasteiger charge is 2.28. The predicted molar refractivity (Wildman–Crippen MR) is 71.9 cm³/mol. The van der Waals surface area contributed by atoms with E-state index in [0.29, 0.717) is 25.3 Å². The molecule has 1 unspecified atom stereocenters. The third kappa shape index (κ3) is 2.43. The number of benzene rings is 1. The van der Waals surface area contributed by atoms with Crippen molar-refractivity contribution in [2.75, 3.05) is 19.8 Å². The average molecular weight is 274 g/mol. The minimum Gasteiger partial charge on any atom is -0.355 e. The summed E-state index contributed by atoms with van der Waals surface area (Å²) >= 11 is 0. The zero-order valence-electron chi connectivity index (χ0n) is 11.0. The van der Waals surface area contributed by atoms with Crippen LogP contribution in [0.25, 0.3) is 11.3 Å². The third-order valence-corrected chi connectivity index (χ3v) is 3.58. The van der Waals surface area contributed by atoms with E-state index in [0.717, 1.165) is 5.56 Å². The van der Waals surface area contributed by atoms with Crippen LogP contribution in [-0.4, -0.2) is 35.7 Å². The molecule has 1 aromatic heterocycles. The molecular weight excluding hydrogens is 259 g/mol. The number of hydrogen-bond acceptors (Lipinski definition) is 3. The zero-order chi connectivity index (χ0) is 13.9. The molecule has 0 N–H and O–H groups in total. The molecule has 1 aromatic carbocycles. The van der Waals surface area contributed by atoms with Crippen LogP contribution < -0.4 is 0 Å². The highest BCUT2D eigenvalue weighted by atomic mass is 19.1. The third-order valence-electron chi connectivity index (χ3n) is 3.58. The fourth-order valence-corrected chi connectivity index (χ4v) is 2.42. The van der Waals surface area contributed by atoms with E-state index in [2.05, 4.69) is 5.16 Å². The molecule has 20 heavy (non-hydrogen) atoms. The second-order valence-corrected chi connectivity index (χ2v) is 5.00. The highest BCUT2D eigenvalue weighted by molar-refractivity contribution is 5.93. The maximum atomic E-state index is 12.6. The minimum atomic E-state index is -0.377. The Labute approximate surface area is 116 Å². The molecule has 2 aromatic rings. The Kier molecular flexibility index (Phi) is 3.50. The first-order chi connectivity index (χ1) is 9.78. The standard InChI is InChI=1S/C15H15FN2O2/c16-9-11-6-7-18(10-11)15(19)13-8-14(20-17-13)12-4-2-1-3-5-12/h1-5,8,11H,6-7,9-10H2. The molecule has 0 saturated carbocycles. The van der Waals surface area contributed by atoms with Gasteiger partial charge >= 0.3 is 0 Å². The number of likely N-dealkylation sites (tertiary alicyclic amines) is 1. The van der Waals surface area contributed by atoms with Crippen LogP contribution in [0.1, 0.15) is 16.9 Å². The van der Waals surface area contributed by atoms with Gasteiger partial charge in [-0.25, -0.2) is 0 Å². The summed E-state index contributed by atoms with van der Waals surface area (Å²) in [5.41, 5.74) is 1.16. The lowest BCUT2D eigenvalue weighted by molar-refractivity contribution is 0.0775.